The zero-order valence-electron chi connectivity index (χ0n) is 14.2. The Morgan fingerprint density at radius 1 is 1.10 bits per heavy atom. The van der Waals surface area contributed by atoms with Gasteiger partial charge in [0.05, 0.1) is 0 Å². The molecule has 2 unspecified atom stereocenters. The Morgan fingerprint density at radius 2 is 1.76 bits per heavy atom. The van der Waals surface area contributed by atoms with Gasteiger partial charge in [-0.25, -0.2) is 0 Å². The summed E-state index contributed by atoms with van der Waals surface area (Å²) in [6.07, 6.45) is 1.35. The molecule has 0 saturated carbocycles. The molecule has 1 aliphatic rings. The van der Waals surface area contributed by atoms with Crippen LogP contribution in [-0.4, -0.2) is 24.5 Å². The summed E-state index contributed by atoms with van der Waals surface area (Å²) in [7, 11) is 0. The monoisotopic (exact) mass is 288 g/mol. The highest BCUT2D eigenvalue weighted by atomic mass is 15.1. The predicted octanol–water partition coefficient (Wildman–Crippen LogP) is 3.91. The third-order valence-corrected chi connectivity index (χ3v) is 4.73. The van der Waals surface area contributed by atoms with Gasteiger partial charge < -0.3 is 5.32 Å². The van der Waals surface area contributed by atoms with Crippen molar-refractivity contribution in [1.82, 2.24) is 10.2 Å². The van der Waals surface area contributed by atoms with Gasteiger partial charge in [-0.15, -0.1) is 0 Å². The van der Waals surface area contributed by atoms with Crippen LogP contribution in [0.25, 0.3) is 0 Å². The van der Waals surface area contributed by atoms with E-state index in [0.717, 1.165) is 31.5 Å². The fraction of sp³-hybridized carbons (Fsp3) is 0.684. The second-order valence-corrected chi connectivity index (χ2v) is 7.32. The van der Waals surface area contributed by atoms with Gasteiger partial charge in [-0.05, 0) is 48.4 Å². The Balaban J connectivity index is 1.79. The van der Waals surface area contributed by atoms with Crippen molar-refractivity contribution in [2.45, 2.75) is 47.2 Å². The Labute approximate surface area is 130 Å². The molecule has 1 saturated heterocycles. The summed E-state index contributed by atoms with van der Waals surface area (Å²) in [5.74, 6) is 2.43. The minimum Gasteiger partial charge on any atom is -0.312 e. The summed E-state index contributed by atoms with van der Waals surface area (Å²) < 4.78 is 0. The van der Waals surface area contributed by atoms with Crippen LogP contribution in [0.3, 0.4) is 0 Å². The van der Waals surface area contributed by atoms with E-state index in [9.17, 15) is 0 Å². The Hall–Kier alpha value is -0.860. The maximum absolute atomic E-state index is 3.50. The average molecular weight is 288 g/mol. The predicted molar refractivity (Wildman–Crippen MR) is 91.2 cm³/mol. The smallest absolute Gasteiger partial charge is 0.0233 e. The van der Waals surface area contributed by atoms with Crippen LogP contribution < -0.4 is 5.32 Å². The van der Waals surface area contributed by atoms with Crippen molar-refractivity contribution < 1.29 is 0 Å². The van der Waals surface area contributed by atoms with Crippen molar-refractivity contribution in [3.05, 3.63) is 35.4 Å². The topological polar surface area (TPSA) is 15.3 Å². The second kappa shape index (κ2) is 7.95. The molecule has 0 spiro atoms. The van der Waals surface area contributed by atoms with Crippen LogP contribution in [0.5, 0.6) is 0 Å². The molecule has 2 heteroatoms. The minimum absolute atomic E-state index is 0.716. The van der Waals surface area contributed by atoms with Gasteiger partial charge in [-0.1, -0.05) is 52.0 Å². The van der Waals surface area contributed by atoms with Crippen LogP contribution in [0.15, 0.2) is 24.3 Å². The van der Waals surface area contributed by atoms with E-state index in [1.165, 1.54) is 30.6 Å². The van der Waals surface area contributed by atoms with Crippen molar-refractivity contribution in [2.75, 3.05) is 19.6 Å². The highest BCUT2D eigenvalue weighted by Crippen LogP contribution is 2.23. The first-order valence-corrected chi connectivity index (χ1v) is 8.55. The van der Waals surface area contributed by atoms with Gasteiger partial charge in [-0.2, -0.15) is 0 Å². The lowest BCUT2D eigenvalue weighted by atomic mass is 9.88. The summed E-state index contributed by atoms with van der Waals surface area (Å²) in [6.45, 7) is 15.0. The van der Waals surface area contributed by atoms with E-state index in [4.69, 9.17) is 0 Å². The van der Waals surface area contributed by atoms with Gasteiger partial charge in [0.15, 0.2) is 0 Å². The summed E-state index contributed by atoms with van der Waals surface area (Å²) in [5.41, 5.74) is 2.84. The molecule has 0 aliphatic carbocycles. The Bertz CT molecular complexity index is 410. The highest BCUT2D eigenvalue weighted by Gasteiger charge is 2.22. The van der Waals surface area contributed by atoms with E-state index in [1.807, 2.05) is 0 Å². The molecular formula is C19H32N2. The van der Waals surface area contributed by atoms with Gasteiger partial charge in [0.2, 0.25) is 0 Å². The zero-order chi connectivity index (χ0) is 15.2. The maximum Gasteiger partial charge on any atom is 0.0233 e. The van der Waals surface area contributed by atoms with Crippen molar-refractivity contribution in [3.8, 4) is 0 Å². The van der Waals surface area contributed by atoms with Crippen LogP contribution >= 0.6 is 0 Å². The first kappa shape index (κ1) is 16.5. The van der Waals surface area contributed by atoms with Crippen LogP contribution in [-0.2, 0) is 13.1 Å². The molecule has 21 heavy (non-hydrogen) atoms. The van der Waals surface area contributed by atoms with Crippen molar-refractivity contribution >= 4 is 0 Å². The molecule has 1 aliphatic heterocycles. The first-order valence-electron chi connectivity index (χ1n) is 8.55. The number of rotatable bonds is 6. The summed E-state index contributed by atoms with van der Waals surface area (Å²) in [6, 6.07) is 9.15. The molecule has 0 aromatic heterocycles. The van der Waals surface area contributed by atoms with Crippen LogP contribution in [0.1, 0.15) is 45.2 Å². The van der Waals surface area contributed by atoms with E-state index < -0.39 is 0 Å². The van der Waals surface area contributed by atoms with E-state index in [0.29, 0.717) is 5.92 Å². The molecule has 0 bridgehead atoms. The normalized spacial score (nSPS) is 23.7. The fourth-order valence-corrected chi connectivity index (χ4v) is 3.02. The number of hydrogen-bond acceptors (Lipinski definition) is 2. The van der Waals surface area contributed by atoms with Crippen LogP contribution in [0, 0.1) is 17.8 Å². The van der Waals surface area contributed by atoms with Crippen molar-refractivity contribution in [1.29, 1.82) is 0 Å². The molecular weight excluding hydrogens is 256 g/mol. The van der Waals surface area contributed by atoms with E-state index in [1.54, 1.807) is 0 Å². The van der Waals surface area contributed by atoms with Gasteiger partial charge in [0, 0.05) is 19.6 Å². The molecule has 1 fully saturated rings. The standard InChI is InChI=1S/C19H32N2/c1-15(2)11-20-12-18-5-7-19(8-6-18)14-21-10-9-16(3)17(4)13-21/h5-8,15-17,20H,9-14H2,1-4H3. The lowest BCUT2D eigenvalue weighted by Gasteiger charge is -2.35. The van der Waals surface area contributed by atoms with Gasteiger partial charge >= 0.3 is 0 Å². The van der Waals surface area contributed by atoms with Crippen molar-refractivity contribution in [3.63, 3.8) is 0 Å². The summed E-state index contributed by atoms with van der Waals surface area (Å²) >= 11 is 0. The van der Waals surface area contributed by atoms with E-state index in [2.05, 4.69) is 62.2 Å². The Kier molecular flexibility index (Phi) is 6.25. The Morgan fingerprint density at radius 3 is 2.38 bits per heavy atom. The molecule has 2 nitrogen and oxygen atoms in total. The van der Waals surface area contributed by atoms with Gasteiger partial charge in [0.1, 0.15) is 0 Å². The van der Waals surface area contributed by atoms with Gasteiger partial charge in [0.25, 0.3) is 0 Å². The fourth-order valence-electron chi connectivity index (χ4n) is 3.02. The highest BCUT2D eigenvalue weighted by molar-refractivity contribution is 5.22. The minimum atomic E-state index is 0.716. The number of benzene rings is 1. The lowest BCUT2D eigenvalue weighted by Crippen LogP contribution is -2.37. The number of hydrogen-bond donors (Lipinski definition) is 1. The third-order valence-electron chi connectivity index (χ3n) is 4.73. The molecule has 0 radical (unpaired) electrons. The largest absolute Gasteiger partial charge is 0.312 e. The molecule has 1 aromatic carbocycles. The number of piperidine rings is 1. The molecule has 118 valence electrons. The van der Waals surface area contributed by atoms with E-state index in [-0.39, 0.29) is 0 Å². The molecule has 2 atom stereocenters. The van der Waals surface area contributed by atoms with Crippen molar-refractivity contribution in [2.24, 2.45) is 17.8 Å². The zero-order valence-corrected chi connectivity index (χ0v) is 14.2. The van der Waals surface area contributed by atoms with Crippen LogP contribution in [0.4, 0.5) is 0 Å². The number of nitrogens with zero attached hydrogens (tertiary/aromatic N) is 1. The lowest BCUT2D eigenvalue weighted by molar-refractivity contribution is 0.132. The first-order chi connectivity index (χ1) is 10.0. The summed E-state index contributed by atoms with van der Waals surface area (Å²) in [5, 5.41) is 3.50. The molecule has 2 rings (SSSR count). The number of likely N-dealkylation sites (tertiary alicyclic amines) is 1. The summed E-state index contributed by atoms with van der Waals surface area (Å²) in [4.78, 5) is 2.61. The maximum atomic E-state index is 3.50. The van der Waals surface area contributed by atoms with Gasteiger partial charge in [-0.3, -0.25) is 4.90 Å². The SMILES string of the molecule is CC(C)CNCc1ccc(CN2CCC(C)C(C)C2)cc1. The van der Waals surface area contributed by atoms with Crippen LogP contribution in [0.2, 0.25) is 0 Å². The van der Waals surface area contributed by atoms with E-state index >= 15 is 0 Å². The second-order valence-electron chi connectivity index (χ2n) is 7.32. The molecule has 1 heterocycles. The molecule has 0 amide bonds. The number of nitrogens with one attached hydrogen (secondary N) is 1. The quantitative estimate of drug-likeness (QED) is 0.854. The average Bonchev–Trinajstić information content (AvgIpc) is 2.44. The molecule has 1 aromatic rings. The third kappa shape index (κ3) is 5.44. The molecule has 1 N–H and O–H groups in total.